The van der Waals surface area contributed by atoms with E-state index in [0.717, 1.165) is 32.2 Å². The van der Waals surface area contributed by atoms with Gasteiger partial charge in [0.05, 0.1) is 23.2 Å². The monoisotopic (exact) mass is 284 g/mol. The van der Waals surface area contributed by atoms with E-state index in [0.29, 0.717) is 10.8 Å². The summed E-state index contributed by atoms with van der Waals surface area (Å²) in [5.74, 6) is -0.483. The van der Waals surface area contributed by atoms with Gasteiger partial charge < -0.3 is 15.1 Å². The number of aromatic nitrogens is 1. The molecule has 0 aromatic carbocycles. The van der Waals surface area contributed by atoms with Crippen LogP contribution < -0.4 is 4.90 Å². The number of pyridine rings is 1. The average molecular weight is 285 g/mol. The molecule has 1 aliphatic heterocycles. The molecule has 0 spiro atoms. The molecule has 1 saturated heterocycles. The fourth-order valence-corrected chi connectivity index (χ4v) is 2.68. The minimum Gasteiger partial charge on any atom is -0.478 e. The number of aromatic carboxylic acids is 1. The maximum absolute atomic E-state index is 10.9. The second-order valence-electron chi connectivity index (χ2n) is 4.71. The fourth-order valence-electron chi connectivity index (χ4n) is 2.40. The van der Waals surface area contributed by atoms with E-state index in [2.05, 4.69) is 4.98 Å². The van der Waals surface area contributed by atoms with Crippen molar-refractivity contribution in [3.8, 4) is 0 Å². The summed E-state index contributed by atoms with van der Waals surface area (Å²) in [5.41, 5.74) is 0.0733. The Hall–Kier alpha value is -1.33. The Kier molecular flexibility index (Phi) is 4.61. The summed E-state index contributed by atoms with van der Waals surface area (Å²) in [6.07, 6.45) is 5.43. The van der Waals surface area contributed by atoms with Crippen LogP contribution in [0.3, 0.4) is 0 Å². The van der Waals surface area contributed by atoms with Gasteiger partial charge in [-0.1, -0.05) is 24.4 Å². The van der Waals surface area contributed by atoms with Crippen LogP contribution in [0.25, 0.3) is 0 Å². The van der Waals surface area contributed by atoms with Crippen molar-refractivity contribution in [2.45, 2.75) is 31.7 Å². The molecule has 2 N–H and O–H groups in total. The van der Waals surface area contributed by atoms with Crippen LogP contribution in [0, 0.1) is 0 Å². The Bertz CT molecular complexity index is 467. The first-order valence-corrected chi connectivity index (χ1v) is 6.77. The first kappa shape index (κ1) is 14.1. The molecule has 1 aromatic heterocycles. The molecule has 5 nitrogen and oxygen atoms in total. The SMILES string of the molecule is O=C(O)c1cnc(N2CCCCCC2CO)c(Cl)c1. The molecule has 0 radical (unpaired) electrons. The quantitative estimate of drug-likeness (QED) is 0.890. The van der Waals surface area contributed by atoms with E-state index in [-0.39, 0.29) is 18.2 Å². The highest BCUT2D eigenvalue weighted by Crippen LogP contribution is 2.29. The Balaban J connectivity index is 2.30. The highest BCUT2D eigenvalue weighted by atomic mass is 35.5. The maximum atomic E-state index is 10.9. The van der Waals surface area contributed by atoms with E-state index in [1.54, 1.807) is 0 Å². The Morgan fingerprint density at radius 3 is 2.89 bits per heavy atom. The van der Waals surface area contributed by atoms with Crippen molar-refractivity contribution in [3.05, 3.63) is 22.8 Å². The minimum atomic E-state index is -1.05. The summed E-state index contributed by atoms with van der Waals surface area (Å²) in [5, 5.41) is 18.7. The van der Waals surface area contributed by atoms with Crippen molar-refractivity contribution in [1.82, 2.24) is 4.98 Å². The van der Waals surface area contributed by atoms with Crippen LogP contribution in [0.15, 0.2) is 12.3 Å². The summed E-state index contributed by atoms with van der Waals surface area (Å²) >= 11 is 6.13. The van der Waals surface area contributed by atoms with Crippen molar-refractivity contribution < 1.29 is 15.0 Å². The van der Waals surface area contributed by atoms with Gasteiger partial charge in [0.15, 0.2) is 0 Å². The number of carbonyl (C=O) groups is 1. The molecular weight excluding hydrogens is 268 g/mol. The van der Waals surface area contributed by atoms with Gasteiger partial charge in [-0.25, -0.2) is 9.78 Å². The molecule has 1 aromatic rings. The number of hydrogen-bond acceptors (Lipinski definition) is 4. The summed E-state index contributed by atoms with van der Waals surface area (Å²) in [4.78, 5) is 17.0. The Morgan fingerprint density at radius 2 is 2.26 bits per heavy atom. The van der Waals surface area contributed by atoms with E-state index < -0.39 is 5.97 Å². The fraction of sp³-hybridized carbons (Fsp3) is 0.538. The molecule has 1 aliphatic rings. The van der Waals surface area contributed by atoms with Crippen molar-refractivity contribution in [2.75, 3.05) is 18.1 Å². The summed E-state index contributed by atoms with van der Waals surface area (Å²) < 4.78 is 0. The molecule has 2 heterocycles. The van der Waals surface area contributed by atoms with Gasteiger partial charge in [-0.15, -0.1) is 0 Å². The van der Waals surface area contributed by atoms with Gasteiger partial charge in [0, 0.05) is 12.7 Å². The lowest BCUT2D eigenvalue weighted by atomic mass is 10.1. The molecule has 1 unspecified atom stereocenters. The van der Waals surface area contributed by atoms with Crippen LogP contribution in [0.4, 0.5) is 5.82 Å². The lowest BCUT2D eigenvalue weighted by molar-refractivity contribution is 0.0696. The maximum Gasteiger partial charge on any atom is 0.337 e. The number of halogens is 1. The van der Waals surface area contributed by atoms with Gasteiger partial charge in [0.2, 0.25) is 0 Å². The molecule has 6 heteroatoms. The first-order valence-electron chi connectivity index (χ1n) is 6.40. The zero-order valence-electron chi connectivity index (χ0n) is 10.5. The predicted molar refractivity (Wildman–Crippen MR) is 72.9 cm³/mol. The van der Waals surface area contributed by atoms with E-state index >= 15 is 0 Å². The highest BCUT2D eigenvalue weighted by molar-refractivity contribution is 6.33. The Morgan fingerprint density at radius 1 is 1.47 bits per heavy atom. The number of hydrogen-bond donors (Lipinski definition) is 2. The van der Waals surface area contributed by atoms with E-state index in [1.807, 2.05) is 4.90 Å². The number of carboxylic acid groups (broad SMARTS) is 1. The molecule has 0 bridgehead atoms. The van der Waals surface area contributed by atoms with Crippen molar-refractivity contribution >= 4 is 23.4 Å². The van der Waals surface area contributed by atoms with Gasteiger partial charge >= 0.3 is 5.97 Å². The highest BCUT2D eigenvalue weighted by Gasteiger charge is 2.23. The molecule has 0 aliphatic carbocycles. The van der Waals surface area contributed by atoms with Gasteiger partial charge in [0.25, 0.3) is 0 Å². The second kappa shape index (κ2) is 6.21. The molecular formula is C13H17ClN2O3. The average Bonchev–Trinajstić information content (AvgIpc) is 2.63. The smallest absolute Gasteiger partial charge is 0.337 e. The zero-order chi connectivity index (χ0) is 13.8. The van der Waals surface area contributed by atoms with Crippen LogP contribution >= 0.6 is 11.6 Å². The van der Waals surface area contributed by atoms with Gasteiger partial charge in [-0.3, -0.25) is 0 Å². The van der Waals surface area contributed by atoms with E-state index in [4.69, 9.17) is 16.7 Å². The van der Waals surface area contributed by atoms with Crippen LogP contribution in [0.2, 0.25) is 5.02 Å². The minimum absolute atomic E-state index is 0.00294. The second-order valence-corrected chi connectivity index (χ2v) is 5.12. The van der Waals surface area contributed by atoms with Crippen molar-refractivity contribution in [2.24, 2.45) is 0 Å². The zero-order valence-corrected chi connectivity index (χ0v) is 11.3. The van der Waals surface area contributed by atoms with Crippen LogP contribution in [0.5, 0.6) is 0 Å². The number of nitrogens with zero attached hydrogens (tertiary/aromatic N) is 2. The van der Waals surface area contributed by atoms with Crippen molar-refractivity contribution in [3.63, 3.8) is 0 Å². The number of carboxylic acids is 1. The topological polar surface area (TPSA) is 73.7 Å². The van der Waals surface area contributed by atoms with Gasteiger partial charge in [-0.05, 0) is 18.9 Å². The van der Waals surface area contributed by atoms with Crippen LogP contribution in [-0.4, -0.2) is 40.4 Å². The number of rotatable bonds is 3. The lowest BCUT2D eigenvalue weighted by Crippen LogP contribution is -2.38. The first-order chi connectivity index (χ1) is 9.13. The molecule has 1 fully saturated rings. The van der Waals surface area contributed by atoms with Crippen LogP contribution in [-0.2, 0) is 0 Å². The molecule has 0 amide bonds. The third-order valence-corrected chi connectivity index (χ3v) is 3.71. The number of aliphatic hydroxyl groups is 1. The standard InChI is InChI=1S/C13H17ClN2O3/c14-11-6-9(13(18)19)7-15-12(11)16-5-3-1-2-4-10(16)8-17/h6-7,10,17H,1-5,8H2,(H,18,19). The normalized spacial score (nSPS) is 20.1. The summed E-state index contributed by atoms with van der Waals surface area (Å²) in [6.45, 7) is 0.836. The molecule has 19 heavy (non-hydrogen) atoms. The third-order valence-electron chi connectivity index (χ3n) is 3.43. The van der Waals surface area contributed by atoms with Gasteiger partial charge in [0.1, 0.15) is 5.82 Å². The third kappa shape index (κ3) is 3.16. The number of anilines is 1. The molecule has 2 rings (SSSR count). The van der Waals surface area contributed by atoms with Crippen molar-refractivity contribution in [1.29, 1.82) is 0 Å². The Labute approximate surface area is 116 Å². The number of aliphatic hydroxyl groups excluding tert-OH is 1. The van der Waals surface area contributed by atoms with E-state index in [1.165, 1.54) is 12.3 Å². The van der Waals surface area contributed by atoms with Gasteiger partial charge in [-0.2, -0.15) is 0 Å². The lowest BCUT2D eigenvalue weighted by Gasteiger charge is -2.30. The molecule has 1 atom stereocenters. The summed E-state index contributed by atoms with van der Waals surface area (Å²) in [6, 6.07) is 1.41. The molecule has 0 saturated carbocycles. The van der Waals surface area contributed by atoms with E-state index in [9.17, 15) is 9.90 Å². The predicted octanol–water partition coefficient (Wildman–Crippen LogP) is 2.17. The summed E-state index contributed by atoms with van der Waals surface area (Å²) in [7, 11) is 0. The largest absolute Gasteiger partial charge is 0.478 e. The van der Waals surface area contributed by atoms with Crippen LogP contribution in [0.1, 0.15) is 36.0 Å². The molecule has 104 valence electrons.